The highest BCUT2D eigenvalue weighted by Crippen LogP contribution is 2.38. The van der Waals surface area contributed by atoms with Gasteiger partial charge in [0.2, 0.25) is 0 Å². The van der Waals surface area contributed by atoms with Crippen LogP contribution in [-0.2, 0) is 9.84 Å². The Balaban J connectivity index is 1.37. The zero-order chi connectivity index (χ0) is 23.2. The van der Waals surface area contributed by atoms with E-state index < -0.39 is 15.5 Å². The molecule has 33 heavy (non-hydrogen) atoms. The van der Waals surface area contributed by atoms with E-state index in [1.807, 2.05) is 22.7 Å². The van der Waals surface area contributed by atoms with E-state index in [9.17, 15) is 8.42 Å². The second-order valence-corrected chi connectivity index (χ2v) is 11.3. The Hall–Kier alpha value is -2.93. The molecular formula is C23H19ClN4O3S2. The van der Waals surface area contributed by atoms with E-state index in [-0.39, 0.29) is 0 Å². The van der Waals surface area contributed by atoms with Crippen molar-refractivity contribution in [2.24, 2.45) is 10.2 Å². The molecule has 0 saturated carbocycles. The summed E-state index contributed by atoms with van der Waals surface area (Å²) in [6.45, 7) is 0.423. The molecule has 0 amide bonds. The van der Waals surface area contributed by atoms with E-state index in [2.05, 4.69) is 16.1 Å². The average Bonchev–Trinajstić information content (AvgIpc) is 3.28. The number of terminal acetylenes is 1. The van der Waals surface area contributed by atoms with Gasteiger partial charge in [-0.2, -0.15) is 10.2 Å². The van der Waals surface area contributed by atoms with Crippen LogP contribution in [0.2, 0.25) is 5.02 Å². The van der Waals surface area contributed by atoms with Gasteiger partial charge in [0, 0.05) is 37.3 Å². The SMILES string of the molecule is C#CCCC1(CCOc2cc(-c3cn4c(n3)sc3cc(S(C)(=O)=O)ccc34)ccc2Cl)N=N1. The second kappa shape index (κ2) is 8.13. The zero-order valence-corrected chi connectivity index (χ0v) is 20.0. The first kappa shape index (κ1) is 21.9. The normalized spacial score (nSPS) is 14.6. The fourth-order valence-corrected chi connectivity index (χ4v) is 5.56. The largest absolute Gasteiger partial charge is 0.492 e. The molecule has 7 nitrogen and oxygen atoms in total. The molecule has 2 aromatic heterocycles. The van der Waals surface area contributed by atoms with Crippen molar-refractivity contribution >= 4 is 48.0 Å². The number of fused-ring (bicyclic) bond motifs is 3. The Morgan fingerprint density at radius 3 is 2.76 bits per heavy atom. The van der Waals surface area contributed by atoms with Gasteiger partial charge in [-0.1, -0.05) is 29.0 Å². The van der Waals surface area contributed by atoms with Crippen LogP contribution < -0.4 is 4.74 Å². The van der Waals surface area contributed by atoms with Gasteiger partial charge >= 0.3 is 0 Å². The van der Waals surface area contributed by atoms with Crippen LogP contribution in [0, 0.1) is 12.3 Å². The van der Waals surface area contributed by atoms with Crippen LogP contribution in [0.15, 0.2) is 57.7 Å². The molecule has 0 fully saturated rings. The smallest absolute Gasteiger partial charge is 0.195 e. The van der Waals surface area contributed by atoms with Gasteiger partial charge in [-0.05, 0) is 30.3 Å². The van der Waals surface area contributed by atoms with Crippen LogP contribution in [0.3, 0.4) is 0 Å². The van der Waals surface area contributed by atoms with E-state index in [4.69, 9.17) is 27.7 Å². The number of imidazole rings is 1. The number of hydrogen-bond acceptors (Lipinski definition) is 7. The molecule has 3 heterocycles. The molecule has 4 aromatic rings. The summed E-state index contributed by atoms with van der Waals surface area (Å²) in [5, 5.41) is 8.76. The van der Waals surface area contributed by atoms with E-state index in [1.54, 1.807) is 24.3 Å². The number of benzene rings is 2. The Morgan fingerprint density at radius 2 is 2.03 bits per heavy atom. The first-order valence-corrected chi connectivity index (χ1v) is 13.3. The van der Waals surface area contributed by atoms with Crippen molar-refractivity contribution in [1.29, 1.82) is 0 Å². The Labute approximate surface area is 200 Å². The number of halogens is 1. The zero-order valence-electron chi connectivity index (χ0n) is 17.7. The molecule has 0 aliphatic carbocycles. The van der Waals surface area contributed by atoms with Crippen molar-refractivity contribution < 1.29 is 13.2 Å². The fourth-order valence-electron chi connectivity index (χ4n) is 3.62. The minimum atomic E-state index is -3.26. The monoisotopic (exact) mass is 498 g/mol. The highest BCUT2D eigenvalue weighted by Gasteiger charge is 2.39. The average molecular weight is 499 g/mol. The molecule has 2 aromatic carbocycles. The lowest BCUT2D eigenvalue weighted by Crippen LogP contribution is -2.15. The highest BCUT2D eigenvalue weighted by molar-refractivity contribution is 7.90. The van der Waals surface area contributed by atoms with Crippen molar-refractivity contribution in [3.8, 4) is 29.4 Å². The Morgan fingerprint density at radius 1 is 1.21 bits per heavy atom. The molecule has 1 aliphatic heterocycles. The summed E-state index contributed by atoms with van der Waals surface area (Å²) >= 11 is 7.79. The minimum absolute atomic E-state index is 0.298. The first-order valence-electron chi connectivity index (χ1n) is 10.2. The van der Waals surface area contributed by atoms with Crippen molar-refractivity contribution in [2.75, 3.05) is 12.9 Å². The fraction of sp³-hybridized carbons (Fsp3) is 0.261. The predicted octanol–water partition coefficient (Wildman–Crippen LogP) is 5.62. The lowest BCUT2D eigenvalue weighted by Gasteiger charge is -2.12. The van der Waals surface area contributed by atoms with Crippen molar-refractivity contribution in [3.63, 3.8) is 0 Å². The number of aromatic nitrogens is 2. The Kier molecular flexibility index (Phi) is 5.40. The molecule has 0 N–H and O–H groups in total. The van der Waals surface area contributed by atoms with Gasteiger partial charge in [-0.3, -0.25) is 4.40 Å². The number of rotatable bonds is 8. The molecule has 0 bridgehead atoms. The van der Waals surface area contributed by atoms with Gasteiger partial charge in [0.05, 0.1) is 32.4 Å². The number of ether oxygens (including phenoxy) is 1. The Bertz CT molecular complexity index is 1560. The standard InChI is InChI=1S/C23H19ClN4O3S2/c1-3-4-9-23(26-27-23)10-11-31-20-12-15(5-7-17(20)24)18-14-28-19-8-6-16(33(2,29)30)13-21(19)32-22(28)25-18/h1,5-8,12-14H,4,9-11H2,2H3. The molecule has 1 aliphatic rings. The third kappa shape index (κ3) is 4.34. The maximum Gasteiger partial charge on any atom is 0.195 e. The van der Waals surface area contributed by atoms with Crippen LogP contribution in [0.5, 0.6) is 5.75 Å². The number of nitrogens with zero attached hydrogens (tertiary/aromatic N) is 4. The summed E-state index contributed by atoms with van der Waals surface area (Å²) < 4.78 is 32.5. The second-order valence-electron chi connectivity index (χ2n) is 7.91. The number of hydrogen-bond donors (Lipinski definition) is 0. The summed E-state index contributed by atoms with van der Waals surface area (Å²) in [7, 11) is -3.26. The van der Waals surface area contributed by atoms with E-state index >= 15 is 0 Å². The van der Waals surface area contributed by atoms with Gasteiger partial charge in [0.15, 0.2) is 20.5 Å². The van der Waals surface area contributed by atoms with Gasteiger partial charge in [0.1, 0.15) is 5.75 Å². The summed E-state index contributed by atoms with van der Waals surface area (Å²) in [4.78, 5) is 5.80. The number of sulfone groups is 1. The molecule has 0 unspecified atom stereocenters. The summed E-state index contributed by atoms with van der Waals surface area (Å²) in [6, 6.07) is 10.7. The van der Waals surface area contributed by atoms with Crippen LogP contribution in [0.4, 0.5) is 0 Å². The maximum atomic E-state index is 11.8. The summed E-state index contributed by atoms with van der Waals surface area (Å²) in [5.74, 6) is 3.19. The van der Waals surface area contributed by atoms with Crippen LogP contribution >= 0.6 is 22.9 Å². The predicted molar refractivity (Wildman–Crippen MR) is 130 cm³/mol. The van der Waals surface area contributed by atoms with Gasteiger partial charge in [0.25, 0.3) is 0 Å². The lowest BCUT2D eigenvalue weighted by atomic mass is 10.1. The van der Waals surface area contributed by atoms with E-state index in [1.165, 1.54) is 17.6 Å². The molecule has 0 atom stereocenters. The van der Waals surface area contributed by atoms with Crippen molar-refractivity contribution in [2.45, 2.75) is 29.8 Å². The topological polar surface area (TPSA) is 85.4 Å². The molecule has 0 saturated heterocycles. The molecule has 0 spiro atoms. The van der Waals surface area contributed by atoms with Crippen LogP contribution in [0.1, 0.15) is 19.3 Å². The number of thiazole rings is 1. The third-order valence-corrected chi connectivity index (χ3v) is 7.97. The molecule has 0 radical (unpaired) electrons. The van der Waals surface area contributed by atoms with Gasteiger partial charge in [-0.15, -0.1) is 12.3 Å². The van der Waals surface area contributed by atoms with Crippen LogP contribution in [-0.4, -0.2) is 36.3 Å². The third-order valence-electron chi connectivity index (χ3n) is 5.53. The molecular weight excluding hydrogens is 480 g/mol. The van der Waals surface area contributed by atoms with E-state index in [0.717, 1.165) is 32.9 Å². The minimum Gasteiger partial charge on any atom is -0.492 e. The molecule has 168 valence electrons. The quantitative estimate of drug-likeness (QED) is 0.295. The van der Waals surface area contributed by atoms with Gasteiger partial charge in [-0.25, -0.2) is 13.4 Å². The molecule has 10 heteroatoms. The van der Waals surface area contributed by atoms with Gasteiger partial charge < -0.3 is 4.74 Å². The molecule has 5 rings (SSSR count). The van der Waals surface area contributed by atoms with Crippen molar-refractivity contribution in [1.82, 2.24) is 9.38 Å². The van der Waals surface area contributed by atoms with Crippen LogP contribution in [0.25, 0.3) is 26.4 Å². The lowest BCUT2D eigenvalue weighted by molar-refractivity contribution is 0.284. The first-order chi connectivity index (χ1) is 15.8. The summed E-state index contributed by atoms with van der Waals surface area (Å²) in [6.07, 6.45) is 10.5. The maximum absolute atomic E-state index is 11.8. The highest BCUT2D eigenvalue weighted by atomic mass is 35.5. The van der Waals surface area contributed by atoms with Crippen molar-refractivity contribution in [3.05, 3.63) is 47.6 Å². The van der Waals surface area contributed by atoms with E-state index in [0.29, 0.717) is 35.1 Å². The summed E-state index contributed by atoms with van der Waals surface area (Å²) in [5.41, 5.74) is 2.15.